The van der Waals surface area contributed by atoms with Crippen LogP contribution in [0.2, 0.25) is 0 Å². The zero-order valence-corrected chi connectivity index (χ0v) is 9.84. The first-order valence-electron chi connectivity index (χ1n) is 5.57. The van der Waals surface area contributed by atoms with Crippen LogP contribution in [0.3, 0.4) is 0 Å². The van der Waals surface area contributed by atoms with Gasteiger partial charge in [-0.1, -0.05) is 30.3 Å². The molecule has 0 saturated heterocycles. The molecule has 0 spiro atoms. The number of nitrogens with zero attached hydrogens (tertiary/aromatic N) is 1. The van der Waals surface area contributed by atoms with Crippen LogP contribution in [0.5, 0.6) is 0 Å². The van der Waals surface area contributed by atoms with Crippen molar-refractivity contribution in [1.82, 2.24) is 4.98 Å². The first-order valence-corrected chi connectivity index (χ1v) is 5.57. The molecule has 2 rings (SSSR count). The average molecular weight is 228 g/mol. The van der Waals surface area contributed by atoms with E-state index in [1.54, 1.807) is 13.3 Å². The lowest BCUT2D eigenvalue weighted by atomic mass is 10.0. The molecule has 1 atom stereocenters. The second-order valence-electron chi connectivity index (χ2n) is 3.82. The number of methoxy groups -OCH3 is 1. The standard InChI is InChI=1S/C14H16N2O/c1-17-14(13-4-2-3-9-16-13)12-7-5-11(10-15)6-8-12/h2-9,14H,10,15H2,1H3. The third-order valence-corrected chi connectivity index (χ3v) is 2.71. The molecule has 88 valence electrons. The van der Waals surface area contributed by atoms with Crippen LogP contribution in [0.15, 0.2) is 48.7 Å². The van der Waals surface area contributed by atoms with E-state index in [9.17, 15) is 0 Å². The Hall–Kier alpha value is -1.71. The predicted octanol–water partition coefficient (Wildman–Crippen LogP) is 2.28. The minimum absolute atomic E-state index is 0.122. The Balaban J connectivity index is 2.29. The van der Waals surface area contributed by atoms with Crippen LogP contribution < -0.4 is 5.73 Å². The Labute approximate surface area is 101 Å². The highest BCUT2D eigenvalue weighted by Gasteiger charge is 2.13. The topological polar surface area (TPSA) is 48.1 Å². The lowest BCUT2D eigenvalue weighted by molar-refractivity contribution is 0.133. The van der Waals surface area contributed by atoms with E-state index in [2.05, 4.69) is 4.98 Å². The minimum Gasteiger partial charge on any atom is -0.370 e. The highest BCUT2D eigenvalue weighted by Crippen LogP contribution is 2.23. The van der Waals surface area contributed by atoms with E-state index in [-0.39, 0.29) is 6.10 Å². The highest BCUT2D eigenvalue weighted by molar-refractivity contribution is 5.29. The van der Waals surface area contributed by atoms with Crippen LogP contribution in [0.4, 0.5) is 0 Å². The van der Waals surface area contributed by atoms with Gasteiger partial charge < -0.3 is 10.5 Å². The van der Waals surface area contributed by atoms with Gasteiger partial charge in [0.05, 0.1) is 5.69 Å². The van der Waals surface area contributed by atoms with E-state index in [1.165, 1.54) is 0 Å². The molecule has 1 unspecified atom stereocenters. The molecule has 2 aromatic rings. The van der Waals surface area contributed by atoms with Crippen molar-refractivity contribution in [2.24, 2.45) is 5.73 Å². The van der Waals surface area contributed by atoms with Crippen LogP contribution in [0.1, 0.15) is 22.9 Å². The van der Waals surface area contributed by atoms with E-state index < -0.39 is 0 Å². The van der Waals surface area contributed by atoms with E-state index >= 15 is 0 Å². The Kier molecular flexibility index (Phi) is 3.85. The number of hydrogen-bond donors (Lipinski definition) is 1. The molecule has 0 saturated carbocycles. The molecule has 1 aromatic heterocycles. The van der Waals surface area contributed by atoms with Gasteiger partial charge in [0.25, 0.3) is 0 Å². The summed E-state index contributed by atoms with van der Waals surface area (Å²) in [5.41, 5.74) is 8.69. The molecule has 0 radical (unpaired) electrons. The molecule has 0 fully saturated rings. The van der Waals surface area contributed by atoms with Gasteiger partial charge in [-0.25, -0.2) is 0 Å². The quantitative estimate of drug-likeness (QED) is 0.873. The summed E-state index contributed by atoms with van der Waals surface area (Å²) in [6.45, 7) is 0.557. The first-order chi connectivity index (χ1) is 8.35. The van der Waals surface area contributed by atoms with Gasteiger partial charge in [-0.15, -0.1) is 0 Å². The van der Waals surface area contributed by atoms with Gasteiger partial charge in [-0.2, -0.15) is 0 Å². The molecular formula is C14H16N2O. The number of pyridine rings is 1. The molecule has 0 aliphatic heterocycles. The van der Waals surface area contributed by atoms with Gasteiger partial charge >= 0.3 is 0 Å². The Morgan fingerprint density at radius 1 is 1.18 bits per heavy atom. The van der Waals surface area contributed by atoms with E-state index in [0.29, 0.717) is 6.54 Å². The monoisotopic (exact) mass is 228 g/mol. The maximum absolute atomic E-state index is 5.58. The van der Waals surface area contributed by atoms with Crippen molar-refractivity contribution in [3.8, 4) is 0 Å². The largest absolute Gasteiger partial charge is 0.370 e. The van der Waals surface area contributed by atoms with Gasteiger partial charge in [0, 0.05) is 19.9 Å². The van der Waals surface area contributed by atoms with E-state index in [1.807, 2.05) is 42.5 Å². The average Bonchev–Trinajstić information content (AvgIpc) is 2.42. The lowest BCUT2D eigenvalue weighted by Gasteiger charge is -2.15. The summed E-state index contributed by atoms with van der Waals surface area (Å²) in [6, 6.07) is 13.9. The summed E-state index contributed by atoms with van der Waals surface area (Å²) in [5.74, 6) is 0. The van der Waals surface area contributed by atoms with Crippen molar-refractivity contribution in [1.29, 1.82) is 0 Å². The predicted molar refractivity (Wildman–Crippen MR) is 67.4 cm³/mol. The van der Waals surface area contributed by atoms with Crippen molar-refractivity contribution in [2.45, 2.75) is 12.6 Å². The van der Waals surface area contributed by atoms with Crippen molar-refractivity contribution < 1.29 is 4.74 Å². The Bertz CT molecular complexity index is 453. The van der Waals surface area contributed by atoms with Crippen molar-refractivity contribution in [3.63, 3.8) is 0 Å². The van der Waals surface area contributed by atoms with Gasteiger partial charge in [0.1, 0.15) is 6.10 Å². The highest BCUT2D eigenvalue weighted by atomic mass is 16.5. The number of hydrogen-bond acceptors (Lipinski definition) is 3. The van der Waals surface area contributed by atoms with Gasteiger partial charge in [-0.05, 0) is 23.3 Å². The summed E-state index contributed by atoms with van der Waals surface area (Å²) in [4.78, 5) is 4.32. The molecule has 1 aromatic carbocycles. The fraction of sp³-hybridized carbons (Fsp3) is 0.214. The molecule has 17 heavy (non-hydrogen) atoms. The summed E-state index contributed by atoms with van der Waals surface area (Å²) in [6.07, 6.45) is 1.65. The van der Waals surface area contributed by atoms with Crippen LogP contribution in [0, 0.1) is 0 Å². The normalized spacial score (nSPS) is 12.4. The van der Waals surface area contributed by atoms with Gasteiger partial charge in [0.2, 0.25) is 0 Å². The Morgan fingerprint density at radius 2 is 1.94 bits per heavy atom. The first kappa shape index (κ1) is 11.8. The lowest BCUT2D eigenvalue weighted by Crippen LogP contribution is -2.06. The summed E-state index contributed by atoms with van der Waals surface area (Å²) in [5, 5.41) is 0. The number of ether oxygens (including phenoxy) is 1. The molecule has 0 bridgehead atoms. The molecule has 0 aliphatic carbocycles. The maximum atomic E-state index is 5.58. The molecule has 3 heteroatoms. The molecule has 0 amide bonds. The van der Waals surface area contributed by atoms with Crippen LogP contribution in [-0.2, 0) is 11.3 Å². The van der Waals surface area contributed by atoms with Crippen molar-refractivity contribution in [2.75, 3.05) is 7.11 Å². The van der Waals surface area contributed by atoms with Crippen LogP contribution in [-0.4, -0.2) is 12.1 Å². The smallest absolute Gasteiger partial charge is 0.124 e. The third kappa shape index (κ3) is 2.70. The van der Waals surface area contributed by atoms with Gasteiger partial charge in [0.15, 0.2) is 0 Å². The molecule has 3 nitrogen and oxygen atoms in total. The SMILES string of the molecule is COC(c1ccc(CN)cc1)c1ccccn1. The minimum atomic E-state index is -0.122. The second kappa shape index (κ2) is 5.57. The van der Waals surface area contributed by atoms with Crippen molar-refractivity contribution >= 4 is 0 Å². The molecule has 2 N–H and O–H groups in total. The third-order valence-electron chi connectivity index (χ3n) is 2.71. The maximum Gasteiger partial charge on any atom is 0.124 e. The molecule has 1 heterocycles. The van der Waals surface area contributed by atoms with E-state index in [0.717, 1.165) is 16.8 Å². The zero-order valence-electron chi connectivity index (χ0n) is 9.84. The fourth-order valence-corrected chi connectivity index (χ4v) is 1.79. The summed E-state index contributed by atoms with van der Waals surface area (Å²) < 4.78 is 5.50. The number of nitrogens with two attached hydrogens (primary N) is 1. The molecular weight excluding hydrogens is 212 g/mol. The summed E-state index contributed by atoms with van der Waals surface area (Å²) >= 11 is 0. The summed E-state index contributed by atoms with van der Waals surface area (Å²) in [7, 11) is 1.69. The van der Waals surface area contributed by atoms with E-state index in [4.69, 9.17) is 10.5 Å². The fourth-order valence-electron chi connectivity index (χ4n) is 1.79. The zero-order chi connectivity index (χ0) is 12.1. The number of benzene rings is 1. The number of rotatable bonds is 4. The second-order valence-corrected chi connectivity index (χ2v) is 3.82. The van der Waals surface area contributed by atoms with Crippen LogP contribution >= 0.6 is 0 Å². The molecule has 0 aliphatic rings. The van der Waals surface area contributed by atoms with Crippen LogP contribution in [0.25, 0.3) is 0 Å². The Morgan fingerprint density at radius 3 is 2.47 bits per heavy atom. The van der Waals surface area contributed by atoms with Crippen molar-refractivity contribution in [3.05, 3.63) is 65.5 Å². The number of aromatic nitrogens is 1. The van der Waals surface area contributed by atoms with Gasteiger partial charge in [-0.3, -0.25) is 4.98 Å².